The second-order valence-electron chi connectivity index (χ2n) is 4.32. The van der Waals surface area contributed by atoms with Gasteiger partial charge in [-0.15, -0.1) is 0 Å². The Morgan fingerprint density at radius 2 is 2.11 bits per heavy atom. The fourth-order valence-corrected chi connectivity index (χ4v) is 2.11. The van der Waals surface area contributed by atoms with Gasteiger partial charge in [0.1, 0.15) is 0 Å². The van der Waals surface area contributed by atoms with Crippen LogP contribution in [0.2, 0.25) is 0 Å². The molecule has 0 amide bonds. The fourth-order valence-electron chi connectivity index (χ4n) is 2.11. The molecule has 98 valence electrons. The zero-order chi connectivity index (χ0) is 14.0. The second kappa shape index (κ2) is 5.18. The molecule has 1 aromatic carbocycles. The number of hydrogen-bond acceptors (Lipinski definition) is 4. The van der Waals surface area contributed by atoms with Crippen LogP contribution in [-0.2, 0) is 9.53 Å². The van der Waals surface area contributed by atoms with Gasteiger partial charge in [0.2, 0.25) is 17.7 Å². The van der Waals surface area contributed by atoms with E-state index in [0.717, 1.165) is 0 Å². The Morgan fingerprint density at radius 1 is 1.37 bits per heavy atom. The summed E-state index contributed by atoms with van der Waals surface area (Å²) in [4.78, 5) is 35.7. The van der Waals surface area contributed by atoms with Gasteiger partial charge in [-0.2, -0.15) is 0 Å². The van der Waals surface area contributed by atoms with Crippen molar-refractivity contribution in [1.82, 2.24) is 0 Å². The highest BCUT2D eigenvalue weighted by molar-refractivity contribution is 6.30. The molecule has 1 aromatic rings. The lowest BCUT2D eigenvalue weighted by Gasteiger charge is -2.08. The molecule has 0 saturated carbocycles. The van der Waals surface area contributed by atoms with Crippen LogP contribution in [0.4, 0.5) is 0 Å². The number of carbonyl (C=O) groups excluding carboxylic acids is 3. The highest BCUT2D eigenvalue weighted by Gasteiger charge is 2.42. The lowest BCUT2D eigenvalue weighted by molar-refractivity contribution is -0.145. The Labute approximate surface area is 111 Å². The monoisotopic (exact) mass is 258 g/mol. The molecule has 1 atom stereocenters. The van der Waals surface area contributed by atoms with E-state index in [-0.39, 0.29) is 6.42 Å². The number of ketones is 2. The van der Waals surface area contributed by atoms with Gasteiger partial charge in [0.25, 0.3) is 0 Å². The van der Waals surface area contributed by atoms with E-state index in [1.165, 1.54) is 6.08 Å². The number of hydrogen-bond donors (Lipinski definition) is 0. The third-order valence-corrected chi connectivity index (χ3v) is 3.01. The number of ether oxygens (including phenoxy) is 1. The van der Waals surface area contributed by atoms with E-state index in [2.05, 4.69) is 6.58 Å². The highest BCUT2D eigenvalue weighted by Crippen LogP contribution is 2.28. The van der Waals surface area contributed by atoms with E-state index in [9.17, 15) is 14.4 Å². The molecule has 1 aliphatic carbocycles. The first kappa shape index (κ1) is 13.2. The molecule has 4 heteroatoms. The fraction of sp³-hybridized carbons (Fsp3) is 0.267. The van der Waals surface area contributed by atoms with Crippen molar-refractivity contribution in [3.63, 3.8) is 0 Å². The van der Waals surface area contributed by atoms with Crippen LogP contribution in [0.3, 0.4) is 0 Å². The van der Waals surface area contributed by atoms with E-state index in [1.807, 2.05) is 6.92 Å². The van der Waals surface area contributed by atoms with Crippen LogP contribution in [0, 0.1) is 0 Å². The van der Waals surface area contributed by atoms with Gasteiger partial charge in [0, 0.05) is 17.5 Å². The molecule has 1 aliphatic rings. The van der Waals surface area contributed by atoms with Gasteiger partial charge in [-0.05, 0) is 12.0 Å². The van der Waals surface area contributed by atoms with Gasteiger partial charge in [-0.1, -0.05) is 37.8 Å². The summed E-state index contributed by atoms with van der Waals surface area (Å²) >= 11 is 0. The van der Waals surface area contributed by atoms with Crippen molar-refractivity contribution < 1.29 is 19.1 Å². The second-order valence-corrected chi connectivity index (χ2v) is 4.32. The van der Waals surface area contributed by atoms with Crippen LogP contribution in [0.1, 0.15) is 46.0 Å². The zero-order valence-corrected chi connectivity index (χ0v) is 10.6. The van der Waals surface area contributed by atoms with Crippen LogP contribution in [-0.4, -0.2) is 23.6 Å². The summed E-state index contributed by atoms with van der Waals surface area (Å²) in [6.45, 7) is 5.44. The topological polar surface area (TPSA) is 60.4 Å². The summed E-state index contributed by atoms with van der Waals surface area (Å²) in [5.74, 6) is -1.43. The molecule has 19 heavy (non-hydrogen) atoms. The molecule has 0 radical (unpaired) electrons. The Balaban J connectivity index is 2.34. The summed E-state index contributed by atoms with van der Waals surface area (Å²) in [6, 6.07) is 4.95. The van der Waals surface area contributed by atoms with Crippen LogP contribution in [0.15, 0.2) is 24.8 Å². The summed E-state index contributed by atoms with van der Waals surface area (Å²) in [5.41, 5.74) is 1.19. The average Bonchev–Trinajstić information content (AvgIpc) is 2.64. The summed E-state index contributed by atoms with van der Waals surface area (Å²) in [7, 11) is 0. The molecule has 0 heterocycles. The van der Waals surface area contributed by atoms with Gasteiger partial charge in [0.05, 0.1) is 0 Å². The Bertz CT molecular complexity index is 572. The zero-order valence-electron chi connectivity index (χ0n) is 10.6. The lowest BCUT2D eigenvalue weighted by Crippen LogP contribution is -2.28. The van der Waals surface area contributed by atoms with E-state index >= 15 is 0 Å². The van der Waals surface area contributed by atoms with Crippen LogP contribution in [0.5, 0.6) is 0 Å². The van der Waals surface area contributed by atoms with Gasteiger partial charge in [-0.25, -0.2) is 0 Å². The first-order valence-corrected chi connectivity index (χ1v) is 6.13. The van der Waals surface area contributed by atoms with Gasteiger partial charge >= 0.3 is 5.97 Å². The molecular weight excluding hydrogens is 244 g/mol. The summed E-state index contributed by atoms with van der Waals surface area (Å²) in [5, 5.41) is 0. The Hall–Kier alpha value is -2.23. The highest BCUT2D eigenvalue weighted by atomic mass is 16.5. The Morgan fingerprint density at radius 3 is 2.74 bits per heavy atom. The normalized spacial score (nSPS) is 17.2. The third kappa shape index (κ3) is 2.21. The molecule has 0 fully saturated rings. The molecule has 0 bridgehead atoms. The smallest absolute Gasteiger partial charge is 0.306 e. The maximum atomic E-state index is 12.2. The van der Waals surface area contributed by atoms with Gasteiger partial charge in [0.15, 0.2) is 0 Å². The number of carbonyl (C=O) groups is 3. The van der Waals surface area contributed by atoms with Crippen molar-refractivity contribution in [2.45, 2.75) is 25.9 Å². The van der Waals surface area contributed by atoms with Crippen molar-refractivity contribution in [1.29, 1.82) is 0 Å². The molecule has 0 aromatic heterocycles. The number of benzene rings is 1. The van der Waals surface area contributed by atoms with Crippen LogP contribution < -0.4 is 0 Å². The molecule has 0 saturated heterocycles. The van der Waals surface area contributed by atoms with E-state index in [1.54, 1.807) is 18.2 Å². The number of esters is 1. The molecular formula is C15H14O4. The van der Waals surface area contributed by atoms with E-state index in [4.69, 9.17) is 4.74 Å². The van der Waals surface area contributed by atoms with Crippen LogP contribution >= 0.6 is 0 Å². The first-order chi connectivity index (χ1) is 9.10. The maximum Gasteiger partial charge on any atom is 0.306 e. The molecule has 0 spiro atoms. The predicted octanol–water partition coefficient (Wildman–Crippen LogP) is 2.42. The van der Waals surface area contributed by atoms with Crippen LogP contribution in [0.25, 0.3) is 6.08 Å². The standard InChI is InChI=1S/C15H14O4/c1-3-6-11(16)19-15-13(17)10-8-5-7-9(4-2)12(10)14(15)18/h4-5,7-8,15H,2-3,6H2,1H3. The summed E-state index contributed by atoms with van der Waals surface area (Å²) < 4.78 is 4.99. The summed E-state index contributed by atoms with van der Waals surface area (Å²) in [6.07, 6.45) is 0.996. The Kier molecular flexibility index (Phi) is 3.60. The molecule has 1 unspecified atom stereocenters. The SMILES string of the molecule is C=Cc1cccc2c1C(=O)C(OC(=O)CCC)C2=O. The predicted molar refractivity (Wildman–Crippen MR) is 70.0 cm³/mol. The van der Waals surface area contributed by atoms with E-state index in [0.29, 0.717) is 23.1 Å². The molecule has 4 nitrogen and oxygen atoms in total. The molecule has 2 rings (SSSR count). The molecule has 0 aliphatic heterocycles. The van der Waals surface area contributed by atoms with Crippen molar-refractivity contribution in [2.75, 3.05) is 0 Å². The minimum atomic E-state index is -1.32. The van der Waals surface area contributed by atoms with Gasteiger partial charge in [-0.3, -0.25) is 14.4 Å². The number of fused-ring (bicyclic) bond motifs is 1. The number of rotatable bonds is 4. The number of Topliss-reactive ketones (excluding diaryl/α,β-unsaturated/α-hetero) is 2. The first-order valence-electron chi connectivity index (χ1n) is 6.13. The average molecular weight is 258 g/mol. The quantitative estimate of drug-likeness (QED) is 0.614. The van der Waals surface area contributed by atoms with Crippen molar-refractivity contribution in [3.8, 4) is 0 Å². The third-order valence-electron chi connectivity index (χ3n) is 3.01. The maximum absolute atomic E-state index is 12.2. The lowest BCUT2D eigenvalue weighted by atomic mass is 10.0. The van der Waals surface area contributed by atoms with E-state index < -0.39 is 23.6 Å². The van der Waals surface area contributed by atoms with Crippen molar-refractivity contribution in [3.05, 3.63) is 41.5 Å². The van der Waals surface area contributed by atoms with Crippen molar-refractivity contribution in [2.24, 2.45) is 0 Å². The minimum absolute atomic E-state index is 0.196. The van der Waals surface area contributed by atoms with Crippen molar-refractivity contribution >= 4 is 23.6 Å². The minimum Gasteiger partial charge on any atom is -0.445 e. The van der Waals surface area contributed by atoms with Gasteiger partial charge < -0.3 is 4.74 Å². The largest absolute Gasteiger partial charge is 0.445 e. The molecule has 0 N–H and O–H groups in total.